The van der Waals surface area contributed by atoms with E-state index >= 15 is 0 Å². The molecule has 0 saturated carbocycles. The predicted octanol–water partition coefficient (Wildman–Crippen LogP) is 1.73. The lowest BCUT2D eigenvalue weighted by atomic mass is 10.2. The summed E-state index contributed by atoms with van der Waals surface area (Å²) in [6.07, 6.45) is -4.54. The minimum Gasteiger partial charge on any atom is -0.333 e. The lowest BCUT2D eigenvalue weighted by molar-refractivity contribution is -0.138. The first-order chi connectivity index (χ1) is 8.92. The summed E-state index contributed by atoms with van der Waals surface area (Å²) in [7, 11) is -3.12. The molecule has 112 valence electrons. The van der Waals surface area contributed by atoms with Crippen LogP contribution in [0, 0.1) is 0 Å². The van der Waals surface area contributed by atoms with Crippen LogP contribution in [0.25, 0.3) is 0 Å². The summed E-state index contributed by atoms with van der Waals surface area (Å²) in [5, 5.41) is 4.94. The average molecular weight is 375 g/mol. The van der Waals surface area contributed by atoms with Gasteiger partial charge in [-0.1, -0.05) is 0 Å². The number of rotatable bonds is 3. The molecule has 0 fully saturated rings. The van der Waals surface area contributed by atoms with Gasteiger partial charge in [0.2, 0.25) is 10.0 Å². The Morgan fingerprint density at radius 1 is 1.40 bits per heavy atom. The molecule has 10 heteroatoms. The Morgan fingerprint density at radius 2 is 1.95 bits per heavy atom. The van der Waals surface area contributed by atoms with Gasteiger partial charge in [-0.05, 0) is 34.1 Å². The zero-order valence-electron chi connectivity index (χ0n) is 10.1. The highest BCUT2D eigenvalue weighted by molar-refractivity contribution is 9.10. The molecule has 0 aliphatic rings. The molecule has 1 aromatic rings. The summed E-state index contributed by atoms with van der Waals surface area (Å²) >= 11 is 2.94. The predicted molar refractivity (Wildman–Crippen MR) is 68.5 cm³/mol. The van der Waals surface area contributed by atoms with Crippen LogP contribution in [-0.4, -0.2) is 39.0 Å². The van der Waals surface area contributed by atoms with E-state index in [1.165, 1.54) is 12.1 Å². The Kier molecular flexibility index (Phi) is 4.82. The fourth-order valence-electron chi connectivity index (χ4n) is 1.42. The third-order valence-electron chi connectivity index (χ3n) is 2.25. The summed E-state index contributed by atoms with van der Waals surface area (Å²) in [5.74, 6) is -0.959. The van der Waals surface area contributed by atoms with Crippen molar-refractivity contribution >= 4 is 31.9 Å². The van der Waals surface area contributed by atoms with Crippen molar-refractivity contribution < 1.29 is 26.4 Å². The fraction of sp³-hybridized carbons (Fsp3) is 0.300. The molecule has 1 aromatic carbocycles. The van der Waals surface area contributed by atoms with E-state index < -0.39 is 28.7 Å². The number of halogens is 4. The zero-order valence-corrected chi connectivity index (χ0v) is 12.5. The molecule has 0 atom stereocenters. The van der Waals surface area contributed by atoms with Crippen LogP contribution in [0.2, 0.25) is 0 Å². The molecule has 0 aliphatic carbocycles. The molecule has 0 saturated heterocycles. The highest BCUT2D eigenvalue weighted by Crippen LogP contribution is 2.23. The second-order valence-electron chi connectivity index (χ2n) is 3.97. The topological polar surface area (TPSA) is 80.5 Å². The van der Waals surface area contributed by atoms with Crippen LogP contribution >= 0.6 is 15.9 Å². The second kappa shape index (κ2) is 5.70. The van der Waals surface area contributed by atoms with E-state index in [4.69, 9.17) is 5.14 Å². The number of hydrogen-bond donors (Lipinski definition) is 1. The number of carbonyl (C=O) groups excluding carboxylic acids is 1. The van der Waals surface area contributed by atoms with Gasteiger partial charge >= 0.3 is 6.18 Å². The summed E-state index contributed by atoms with van der Waals surface area (Å²) in [5.41, 5.74) is -0.205. The van der Waals surface area contributed by atoms with Gasteiger partial charge in [-0.3, -0.25) is 4.79 Å². The van der Waals surface area contributed by atoms with E-state index in [0.717, 1.165) is 13.1 Å². The Hall–Kier alpha value is -1.13. The average Bonchev–Trinajstić information content (AvgIpc) is 2.24. The van der Waals surface area contributed by atoms with Crippen LogP contribution in [0.15, 0.2) is 27.6 Å². The van der Waals surface area contributed by atoms with Crippen molar-refractivity contribution in [3.63, 3.8) is 0 Å². The largest absolute Gasteiger partial charge is 0.406 e. The van der Waals surface area contributed by atoms with Gasteiger partial charge in [-0.2, -0.15) is 13.2 Å². The summed E-state index contributed by atoms with van der Waals surface area (Å²) < 4.78 is 59.3. The van der Waals surface area contributed by atoms with Crippen molar-refractivity contribution in [2.45, 2.75) is 11.1 Å². The first kappa shape index (κ1) is 16.9. The maximum absolute atomic E-state index is 12.2. The third kappa shape index (κ3) is 4.46. The van der Waals surface area contributed by atoms with Gasteiger partial charge in [-0.15, -0.1) is 0 Å². The molecule has 0 radical (unpaired) electrons. The van der Waals surface area contributed by atoms with E-state index in [0.29, 0.717) is 4.90 Å². The van der Waals surface area contributed by atoms with Crippen LogP contribution in [0.5, 0.6) is 0 Å². The fourth-order valence-corrected chi connectivity index (χ4v) is 2.97. The van der Waals surface area contributed by atoms with Gasteiger partial charge in [0.25, 0.3) is 5.91 Å². The Labute approximate surface area is 121 Å². The number of hydrogen-bond acceptors (Lipinski definition) is 3. The van der Waals surface area contributed by atoms with Gasteiger partial charge in [0.05, 0.1) is 4.90 Å². The number of primary sulfonamides is 1. The maximum Gasteiger partial charge on any atom is 0.406 e. The minimum atomic E-state index is -4.54. The molecular formula is C10H10BrF3N2O3S. The van der Waals surface area contributed by atoms with Crippen LogP contribution in [0.3, 0.4) is 0 Å². The van der Waals surface area contributed by atoms with E-state index in [1.807, 2.05) is 0 Å². The minimum absolute atomic E-state index is 0.120. The number of benzene rings is 1. The molecule has 0 unspecified atom stereocenters. The lowest BCUT2D eigenvalue weighted by Gasteiger charge is -2.19. The molecule has 0 spiro atoms. The first-order valence-electron chi connectivity index (χ1n) is 5.06. The van der Waals surface area contributed by atoms with E-state index in [-0.39, 0.29) is 14.9 Å². The van der Waals surface area contributed by atoms with E-state index in [2.05, 4.69) is 15.9 Å². The van der Waals surface area contributed by atoms with Crippen LogP contribution in [0.4, 0.5) is 13.2 Å². The van der Waals surface area contributed by atoms with Gasteiger partial charge in [-0.25, -0.2) is 13.6 Å². The quantitative estimate of drug-likeness (QED) is 0.874. The highest BCUT2D eigenvalue weighted by Gasteiger charge is 2.31. The molecule has 0 heterocycles. The third-order valence-corrected chi connectivity index (χ3v) is 4.15. The second-order valence-corrected chi connectivity index (χ2v) is 6.35. The number of nitrogens with two attached hydrogens (primary N) is 1. The van der Waals surface area contributed by atoms with Crippen molar-refractivity contribution in [2.24, 2.45) is 5.14 Å². The smallest absolute Gasteiger partial charge is 0.333 e. The van der Waals surface area contributed by atoms with Gasteiger partial charge in [0, 0.05) is 17.1 Å². The normalized spacial score (nSPS) is 12.3. The molecule has 1 amide bonds. The Bertz CT molecular complexity index is 631. The lowest BCUT2D eigenvalue weighted by Crippen LogP contribution is -2.35. The number of nitrogens with zero attached hydrogens (tertiary/aromatic N) is 1. The Morgan fingerprint density at radius 3 is 2.40 bits per heavy atom. The number of carbonyl (C=O) groups is 1. The monoisotopic (exact) mass is 374 g/mol. The Balaban J connectivity index is 3.13. The maximum atomic E-state index is 12.2. The summed E-state index contributed by atoms with van der Waals surface area (Å²) in [6.45, 7) is -1.44. The molecule has 0 bridgehead atoms. The van der Waals surface area contributed by atoms with E-state index in [9.17, 15) is 26.4 Å². The van der Waals surface area contributed by atoms with Crippen LogP contribution in [0.1, 0.15) is 10.4 Å². The van der Waals surface area contributed by atoms with Crippen molar-refractivity contribution in [1.29, 1.82) is 0 Å². The number of amides is 1. The summed E-state index contributed by atoms with van der Waals surface area (Å²) in [6, 6.07) is 3.36. The van der Waals surface area contributed by atoms with Crippen molar-refractivity contribution in [3.8, 4) is 0 Å². The molecule has 0 aliphatic heterocycles. The molecule has 2 N–H and O–H groups in total. The molecule has 20 heavy (non-hydrogen) atoms. The number of alkyl halides is 3. The highest BCUT2D eigenvalue weighted by atomic mass is 79.9. The molecule has 1 rings (SSSR count). The zero-order chi connectivity index (χ0) is 15.7. The van der Waals surface area contributed by atoms with Crippen molar-refractivity contribution in [2.75, 3.05) is 13.6 Å². The first-order valence-corrected chi connectivity index (χ1v) is 7.40. The van der Waals surface area contributed by atoms with Crippen LogP contribution in [-0.2, 0) is 10.0 Å². The summed E-state index contributed by atoms with van der Waals surface area (Å²) in [4.78, 5) is 11.9. The van der Waals surface area contributed by atoms with Crippen molar-refractivity contribution in [1.82, 2.24) is 4.90 Å². The SMILES string of the molecule is CN(CC(F)(F)F)C(=O)c1ccc(Br)c(S(N)(=O)=O)c1. The van der Waals surface area contributed by atoms with Gasteiger partial charge in [0.15, 0.2) is 0 Å². The van der Waals surface area contributed by atoms with Crippen LogP contribution < -0.4 is 5.14 Å². The molecule has 0 aromatic heterocycles. The van der Waals surface area contributed by atoms with Crippen molar-refractivity contribution in [3.05, 3.63) is 28.2 Å². The molecule has 5 nitrogen and oxygen atoms in total. The van der Waals surface area contributed by atoms with Gasteiger partial charge in [0.1, 0.15) is 6.54 Å². The molecular weight excluding hydrogens is 365 g/mol. The number of sulfonamides is 1. The standard InChI is InChI=1S/C10H10BrF3N2O3S/c1-16(5-10(12,13)14)9(17)6-2-3-7(11)8(4-6)20(15,18)19/h2-4H,5H2,1H3,(H2,15,18,19). The van der Waals surface area contributed by atoms with Gasteiger partial charge < -0.3 is 4.90 Å². The van der Waals surface area contributed by atoms with E-state index in [1.54, 1.807) is 0 Å².